The Morgan fingerprint density at radius 2 is 2.20 bits per heavy atom. The van der Waals surface area contributed by atoms with Crippen LogP contribution in [0.25, 0.3) is 11.3 Å². The molecular formula is C10H6ClFN2O. The maximum atomic E-state index is 13.4. The highest BCUT2D eigenvalue weighted by atomic mass is 35.5. The summed E-state index contributed by atoms with van der Waals surface area (Å²) >= 11 is 5.80. The fraction of sp³-hybridized carbons (Fsp3) is 0. The van der Waals surface area contributed by atoms with E-state index in [1.165, 1.54) is 30.6 Å². The molecule has 2 rings (SSSR count). The first-order valence-corrected chi connectivity index (χ1v) is 4.56. The van der Waals surface area contributed by atoms with Crippen LogP contribution in [0.5, 0.6) is 0 Å². The standard InChI is InChI=1S/C10H6ClFN2O/c11-6-2-1-3-7(12)8(6)9-10(15)14-5-4-13-9/h1-5H,(H,14,15). The average Bonchev–Trinajstić information content (AvgIpc) is 2.20. The summed E-state index contributed by atoms with van der Waals surface area (Å²) in [6.07, 6.45) is 2.75. The average molecular weight is 225 g/mol. The Hall–Kier alpha value is -1.68. The van der Waals surface area contributed by atoms with Gasteiger partial charge in [-0.2, -0.15) is 0 Å². The van der Waals surface area contributed by atoms with Crippen molar-refractivity contribution in [2.75, 3.05) is 0 Å². The van der Waals surface area contributed by atoms with Gasteiger partial charge in [0.05, 0.1) is 10.6 Å². The second-order valence-electron chi connectivity index (χ2n) is 2.86. The number of nitrogens with one attached hydrogen (secondary N) is 1. The summed E-state index contributed by atoms with van der Waals surface area (Å²) in [5.41, 5.74) is -0.453. The van der Waals surface area contributed by atoms with Crippen LogP contribution in [0.4, 0.5) is 4.39 Å². The summed E-state index contributed by atoms with van der Waals surface area (Å²) in [6.45, 7) is 0. The Labute approximate surface area is 89.6 Å². The van der Waals surface area contributed by atoms with E-state index in [4.69, 9.17) is 11.6 Å². The van der Waals surface area contributed by atoms with E-state index in [-0.39, 0.29) is 16.3 Å². The highest BCUT2D eigenvalue weighted by Gasteiger charge is 2.13. The molecule has 0 spiro atoms. The van der Waals surface area contributed by atoms with Crippen LogP contribution in [0.15, 0.2) is 35.4 Å². The number of halogens is 2. The minimum absolute atomic E-state index is 0.0133. The molecule has 0 fully saturated rings. The Kier molecular flexibility index (Phi) is 2.51. The summed E-state index contributed by atoms with van der Waals surface area (Å²) in [5.74, 6) is -0.563. The number of aromatic amines is 1. The van der Waals surface area contributed by atoms with Crippen molar-refractivity contribution < 1.29 is 4.39 Å². The van der Waals surface area contributed by atoms with Gasteiger partial charge in [-0.3, -0.25) is 4.79 Å². The quantitative estimate of drug-likeness (QED) is 0.808. The molecule has 3 nitrogen and oxygen atoms in total. The number of rotatable bonds is 1. The minimum atomic E-state index is -0.563. The summed E-state index contributed by atoms with van der Waals surface area (Å²) in [7, 11) is 0. The van der Waals surface area contributed by atoms with Crippen LogP contribution in [0.2, 0.25) is 5.02 Å². The molecule has 1 aromatic carbocycles. The van der Waals surface area contributed by atoms with Gasteiger partial charge < -0.3 is 4.98 Å². The van der Waals surface area contributed by atoms with Gasteiger partial charge in [0.1, 0.15) is 11.5 Å². The lowest BCUT2D eigenvalue weighted by Gasteiger charge is -2.02. The first-order valence-electron chi connectivity index (χ1n) is 4.18. The van der Waals surface area contributed by atoms with E-state index in [1.807, 2.05) is 0 Å². The molecule has 0 amide bonds. The highest BCUT2D eigenvalue weighted by molar-refractivity contribution is 6.33. The maximum absolute atomic E-state index is 13.4. The van der Waals surface area contributed by atoms with Crippen molar-refractivity contribution in [3.05, 3.63) is 51.8 Å². The predicted octanol–water partition coefficient (Wildman–Crippen LogP) is 2.23. The molecule has 0 unspecified atom stereocenters. The lowest BCUT2D eigenvalue weighted by molar-refractivity contribution is 0.630. The monoisotopic (exact) mass is 224 g/mol. The maximum Gasteiger partial charge on any atom is 0.274 e. The van der Waals surface area contributed by atoms with E-state index >= 15 is 0 Å². The van der Waals surface area contributed by atoms with E-state index < -0.39 is 11.4 Å². The predicted molar refractivity (Wildman–Crippen MR) is 55.3 cm³/mol. The third-order valence-corrected chi connectivity index (χ3v) is 2.22. The van der Waals surface area contributed by atoms with Crippen LogP contribution >= 0.6 is 11.6 Å². The molecule has 1 N–H and O–H groups in total. The van der Waals surface area contributed by atoms with Crippen molar-refractivity contribution in [3.63, 3.8) is 0 Å². The number of H-pyrrole nitrogens is 1. The van der Waals surface area contributed by atoms with Crippen LogP contribution in [-0.4, -0.2) is 9.97 Å². The molecule has 1 heterocycles. The van der Waals surface area contributed by atoms with Gasteiger partial charge in [-0.1, -0.05) is 17.7 Å². The van der Waals surface area contributed by atoms with E-state index in [2.05, 4.69) is 9.97 Å². The molecule has 0 saturated carbocycles. The second kappa shape index (κ2) is 3.82. The van der Waals surface area contributed by atoms with Gasteiger partial charge in [0, 0.05) is 12.4 Å². The molecule has 1 aromatic heterocycles. The zero-order valence-electron chi connectivity index (χ0n) is 7.50. The van der Waals surface area contributed by atoms with Crippen LogP contribution in [0.1, 0.15) is 0 Å². The van der Waals surface area contributed by atoms with E-state index in [0.717, 1.165) is 0 Å². The third-order valence-electron chi connectivity index (χ3n) is 1.91. The lowest BCUT2D eigenvalue weighted by atomic mass is 10.1. The highest BCUT2D eigenvalue weighted by Crippen LogP contribution is 2.26. The molecule has 0 aliphatic rings. The zero-order chi connectivity index (χ0) is 10.8. The van der Waals surface area contributed by atoms with E-state index in [0.29, 0.717) is 0 Å². The first-order chi connectivity index (χ1) is 7.20. The topological polar surface area (TPSA) is 45.8 Å². The molecule has 0 atom stereocenters. The molecule has 76 valence electrons. The summed E-state index contributed by atoms with van der Waals surface area (Å²) < 4.78 is 13.4. The fourth-order valence-electron chi connectivity index (χ4n) is 1.25. The van der Waals surface area contributed by atoms with Crippen molar-refractivity contribution in [2.24, 2.45) is 0 Å². The minimum Gasteiger partial charge on any atom is -0.326 e. The van der Waals surface area contributed by atoms with Crippen molar-refractivity contribution >= 4 is 11.6 Å². The lowest BCUT2D eigenvalue weighted by Crippen LogP contribution is -2.10. The Morgan fingerprint density at radius 1 is 1.40 bits per heavy atom. The largest absolute Gasteiger partial charge is 0.326 e. The van der Waals surface area contributed by atoms with Gasteiger partial charge >= 0.3 is 0 Å². The number of benzene rings is 1. The smallest absolute Gasteiger partial charge is 0.274 e. The van der Waals surface area contributed by atoms with Gasteiger partial charge in [0.25, 0.3) is 5.56 Å². The van der Waals surface area contributed by atoms with E-state index in [9.17, 15) is 9.18 Å². The van der Waals surface area contributed by atoms with Gasteiger partial charge in [-0.05, 0) is 12.1 Å². The fourth-order valence-corrected chi connectivity index (χ4v) is 1.51. The number of hydrogen-bond acceptors (Lipinski definition) is 2. The molecule has 2 aromatic rings. The molecule has 5 heteroatoms. The van der Waals surface area contributed by atoms with Crippen LogP contribution in [0, 0.1) is 5.82 Å². The summed E-state index contributed by atoms with van der Waals surface area (Å²) in [5, 5.41) is 0.166. The van der Waals surface area contributed by atoms with E-state index in [1.54, 1.807) is 0 Å². The van der Waals surface area contributed by atoms with Crippen LogP contribution in [0.3, 0.4) is 0 Å². The van der Waals surface area contributed by atoms with Crippen LogP contribution < -0.4 is 5.56 Å². The van der Waals surface area contributed by atoms with Gasteiger partial charge in [0.15, 0.2) is 0 Å². The molecule has 0 aliphatic heterocycles. The number of aromatic nitrogens is 2. The summed E-state index contributed by atoms with van der Waals surface area (Å²) in [6, 6.07) is 4.21. The molecule has 0 aliphatic carbocycles. The normalized spacial score (nSPS) is 10.3. The van der Waals surface area contributed by atoms with Crippen LogP contribution in [-0.2, 0) is 0 Å². The molecule has 15 heavy (non-hydrogen) atoms. The third kappa shape index (κ3) is 1.76. The van der Waals surface area contributed by atoms with Gasteiger partial charge in [-0.15, -0.1) is 0 Å². The molecular weight excluding hydrogens is 219 g/mol. The summed E-state index contributed by atoms with van der Waals surface area (Å²) in [4.78, 5) is 17.6. The SMILES string of the molecule is O=c1[nH]ccnc1-c1c(F)cccc1Cl. The molecule has 0 saturated heterocycles. The Morgan fingerprint density at radius 3 is 2.87 bits per heavy atom. The molecule has 0 bridgehead atoms. The van der Waals surface area contributed by atoms with Crippen molar-refractivity contribution in [1.29, 1.82) is 0 Å². The van der Waals surface area contributed by atoms with Gasteiger partial charge in [0.2, 0.25) is 0 Å². The Bertz CT molecular complexity index is 533. The molecule has 0 radical (unpaired) electrons. The zero-order valence-corrected chi connectivity index (χ0v) is 8.25. The first kappa shape index (κ1) is 9.86. The van der Waals surface area contributed by atoms with Crippen molar-refractivity contribution in [1.82, 2.24) is 9.97 Å². The van der Waals surface area contributed by atoms with Gasteiger partial charge in [-0.25, -0.2) is 9.37 Å². The van der Waals surface area contributed by atoms with Crippen molar-refractivity contribution in [3.8, 4) is 11.3 Å². The second-order valence-corrected chi connectivity index (χ2v) is 3.27. The number of nitrogens with zero attached hydrogens (tertiary/aromatic N) is 1. The number of hydrogen-bond donors (Lipinski definition) is 1. The Balaban J connectivity index is 2.75. The van der Waals surface area contributed by atoms with Crippen molar-refractivity contribution in [2.45, 2.75) is 0 Å².